The first kappa shape index (κ1) is 11.9. The minimum Gasteiger partial charge on any atom is -0.388 e. The highest BCUT2D eigenvalue weighted by atomic mass is 19.4. The lowest BCUT2D eigenvalue weighted by molar-refractivity contribution is -0.137. The first-order valence-corrected chi connectivity index (χ1v) is 5.23. The molecule has 0 spiro atoms. The van der Waals surface area contributed by atoms with E-state index in [2.05, 4.69) is 0 Å². The fourth-order valence-corrected chi connectivity index (χ4v) is 1.76. The van der Waals surface area contributed by atoms with Gasteiger partial charge in [-0.25, -0.2) is 0 Å². The van der Waals surface area contributed by atoms with Gasteiger partial charge in [0, 0.05) is 0 Å². The molecule has 1 saturated carbocycles. The zero-order valence-electron chi connectivity index (χ0n) is 8.83. The van der Waals surface area contributed by atoms with Crippen molar-refractivity contribution in [2.24, 2.45) is 5.92 Å². The van der Waals surface area contributed by atoms with Crippen molar-refractivity contribution in [2.75, 3.05) is 0 Å². The molecule has 1 aromatic carbocycles. The molecule has 0 amide bonds. The number of rotatable bonds is 2. The second-order valence-corrected chi connectivity index (χ2v) is 4.20. The maximum absolute atomic E-state index is 12.7. The molecule has 1 aliphatic carbocycles. The predicted octanol–water partition coefficient (Wildman–Crippen LogP) is 3.02. The van der Waals surface area contributed by atoms with Gasteiger partial charge in [-0.3, -0.25) is 0 Å². The Morgan fingerprint density at radius 1 is 1.35 bits per heavy atom. The third-order valence-electron chi connectivity index (χ3n) is 2.88. The van der Waals surface area contributed by atoms with Gasteiger partial charge in [0.15, 0.2) is 0 Å². The summed E-state index contributed by atoms with van der Waals surface area (Å²) in [6, 6.07) is 4.89. The molecule has 1 unspecified atom stereocenters. The molecule has 0 aliphatic heterocycles. The molecule has 1 atom stereocenters. The van der Waals surface area contributed by atoms with Gasteiger partial charge in [-0.1, -0.05) is 6.07 Å². The molecule has 2 rings (SSSR count). The standard InChI is InChI=1S/C12H10F3NO/c13-12(14,15)10-5-8(3-4-9(10)6-16)11(17)7-1-2-7/h3-5,7,11,17H,1-2H2. The molecule has 1 fully saturated rings. The minimum absolute atomic E-state index is 0.0593. The SMILES string of the molecule is N#Cc1ccc(C(O)C2CC2)cc1C(F)(F)F. The summed E-state index contributed by atoms with van der Waals surface area (Å²) in [6.07, 6.45) is -3.75. The molecule has 1 N–H and O–H groups in total. The Hall–Kier alpha value is -1.54. The Morgan fingerprint density at radius 2 is 2.00 bits per heavy atom. The summed E-state index contributed by atoms with van der Waals surface area (Å²) in [7, 11) is 0. The molecule has 2 nitrogen and oxygen atoms in total. The van der Waals surface area contributed by atoms with Crippen LogP contribution >= 0.6 is 0 Å². The van der Waals surface area contributed by atoms with Gasteiger partial charge in [0.2, 0.25) is 0 Å². The van der Waals surface area contributed by atoms with Gasteiger partial charge in [0.25, 0.3) is 0 Å². The number of benzene rings is 1. The summed E-state index contributed by atoms with van der Waals surface area (Å²) in [4.78, 5) is 0. The van der Waals surface area contributed by atoms with E-state index < -0.39 is 23.4 Å². The lowest BCUT2D eigenvalue weighted by atomic mass is 9.99. The molecular formula is C12H10F3NO. The monoisotopic (exact) mass is 241 g/mol. The minimum atomic E-state index is -4.57. The Morgan fingerprint density at radius 3 is 2.47 bits per heavy atom. The van der Waals surface area contributed by atoms with Gasteiger partial charge in [0.1, 0.15) is 0 Å². The maximum Gasteiger partial charge on any atom is 0.417 e. The summed E-state index contributed by atoms with van der Waals surface area (Å²) >= 11 is 0. The van der Waals surface area contributed by atoms with E-state index in [1.54, 1.807) is 0 Å². The highest BCUT2D eigenvalue weighted by Gasteiger charge is 2.36. The van der Waals surface area contributed by atoms with E-state index in [9.17, 15) is 18.3 Å². The Balaban J connectivity index is 2.41. The van der Waals surface area contributed by atoms with Crippen LogP contribution in [0, 0.1) is 17.2 Å². The highest BCUT2D eigenvalue weighted by molar-refractivity contribution is 5.42. The molecule has 90 valence electrons. The van der Waals surface area contributed by atoms with E-state index in [-0.39, 0.29) is 11.5 Å². The molecule has 5 heteroatoms. The number of nitriles is 1. The average Bonchev–Trinajstić information content (AvgIpc) is 3.10. The number of nitrogens with zero attached hydrogens (tertiary/aromatic N) is 1. The van der Waals surface area contributed by atoms with E-state index in [4.69, 9.17) is 5.26 Å². The molecule has 1 aliphatic rings. The van der Waals surface area contributed by atoms with E-state index >= 15 is 0 Å². The lowest BCUT2D eigenvalue weighted by Gasteiger charge is -2.14. The molecule has 0 bridgehead atoms. The fourth-order valence-electron chi connectivity index (χ4n) is 1.76. The van der Waals surface area contributed by atoms with Crippen molar-refractivity contribution in [3.05, 3.63) is 34.9 Å². The number of halogens is 3. The van der Waals surface area contributed by atoms with Crippen LogP contribution in [0.3, 0.4) is 0 Å². The van der Waals surface area contributed by atoms with Gasteiger partial charge < -0.3 is 5.11 Å². The van der Waals surface area contributed by atoms with Gasteiger partial charge in [-0.15, -0.1) is 0 Å². The summed E-state index contributed by atoms with van der Waals surface area (Å²) < 4.78 is 38.0. The summed E-state index contributed by atoms with van der Waals surface area (Å²) in [5.74, 6) is 0.0593. The molecule has 1 aromatic rings. The summed E-state index contributed by atoms with van der Waals surface area (Å²) in [6.45, 7) is 0. The van der Waals surface area contributed by atoms with E-state index in [0.717, 1.165) is 25.0 Å². The molecular weight excluding hydrogens is 231 g/mol. The van der Waals surface area contributed by atoms with E-state index in [1.165, 1.54) is 12.1 Å². The predicted molar refractivity (Wildman–Crippen MR) is 53.8 cm³/mol. The Labute approximate surface area is 96.3 Å². The lowest BCUT2D eigenvalue weighted by Crippen LogP contribution is -2.10. The zero-order valence-corrected chi connectivity index (χ0v) is 8.83. The topological polar surface area (TPSA) is 44.0 Å². The third-order valence-corrected chi connectivity index (χ3v) is 2.88. The quantitative estimate of drug-likeness (QED) is 0.864. The normalized spacial score (nSPS) is 17.6. The number of aliphatic hydroxyl groups excluding tert-OH is 1. The van der Waals surface area contributed by atoms with E-state index in [1.807, 2.05) is 0 Å². The van der Waals surface area contributed by atoms with Crippen molar-refractivity contribution < 1.29 is 18.3 Å². The van der Waals surface area contributed by atoms with Gasteiger partial charge in [-0.2, -0.15) is 18.4 Å². The van der Waals surface area contributed by atoms with Crippen molar-refractivity contribution in [2.45, 2.75) is 25.1 Å². The van der Waals surface area contributed by atoms with E-state index in [0.29, 0.717) is 0 Å². The Bertz CT molecular complexity index is 472. The second kappa shape index (κ2) is 4.04. The summed E-state index contributed by atoms with van der Waals surface area (Å²) in [5, 5.41) is 18.4. The number of hydrogen-bond acceptors (Lipinski definition) is 2. The molecule has 17 heavy (non-hydrogen) atoms. The Kier molecular flexibility index (Phi) is 2.84. The van der Waals surface area contributed by atoms with Gasteiger partial charge in [-0.05, 0) is 36.5 Å². The van der Waals surface area contributed by atoms with Crippen LogP contribution < -0.4 is 0 Å². The van der Waals surface area contributed by atoms with Crippen LogP contribution in [0.5, 0.6) is 0 Å². The molecule has 0 saturated heterocycles. The van der Waals surface area contributed by atoms with Crippen LogP contribution in [0.25, 0.3) is 0 Å². The van der Waals surface area contributed by atoms with Crippen molar-refractivity contribution in [3.8, 4) is 6.07 Å². The second-order valence-electron chi connectivity index (χ2n) is 4.20. The fraction of sp³-hybridized carbons (Fsp3) is 0.417. The first-order valence-electron chi connectivity index (χ1n) is 5.23. The number of alkyl halides is 3. The van der Waals surface area contributed by atoms with Crippen molar-refractivity contribution >= 4 is 0 Å². The average molecular weight is 241 g/mol. The highest BCUT2D eigenvalue weighted by Crippen LogP contribution is 2.42. The van der Waals surface area contributed by atoms with Gasteiger partial charge >= 0.3 is 6.18 Å². The van der Waals surface area contributed by atoms with Crippen LogP contribution in [0.2, 0.25) is 0 Å². The van der Waals surface area contributed by atoms with Gasteiger partial charge in [0.05, 0.1) is 23.3 Å². The summed E-state index contributed by atoms with van der Waals surface area (Å²) in [5.41, 5.74) is -1.15. The first-order chi connectivity index (χ1) is 7.93. The van der Waals surface area contributed by atoms with Crippen molar-refractivity contribution in [1.82, 2.24) is 0 Å². The molecule has 0 aromatic heterocycles. The molecule has 0 radical (unpaired) electrons. The smallest absolute Gasteiger partial charge is 0.388 e. The van der Waals surface area contributed by atoms with Crippen LogP contribution in [0.1, 0.15) is 35.6 Å². The van der Waals surface area contributed by atoms with Crippen LogP contribution in [0.15, 0.2) is 18.2 Å². The van der Waals surface area contributed by atoms with Crippen LogP contribution in [0.4, 0.5) is 13.2 Å². The van der Waals surface area contributed by atoms with Crippen LogP contribution in [-0.4, -0.2) is 5.11 Å². The maximum atomic E-state index is 12.7. The molecule has 0 heterocycles. The number of hydrogen-bond donors (Lipinski definition) is 1. The number of aliphatic hydroxyl groups is 1. The van der Waals surface area contributed by atoms with Crippen molar-refractivity contribution in [3.63, 3.8) is 0 Å². The third kappa shape index (κ3) is 2.42. The largest absolute Gasteiger partial charge is 0.417 e. The zero-order chi connectivity index (χ0) is 12.6. The van der Waals surface area contributed by atoms with Crippen LogP contribution in [-0.2, 0) is 6.18 Å². The van der Waals surface area contributed by atoms with Crippen molar-refractivity contribution in [1.29, 1.82) is 5.26 Å².